The molecule has 0 bridgehead atoms. The summed E-state index contributed by atoms with van der Waals surface area (Å²) in [6.07, 6.45) is -9.67. The number of carbonyl (C=O) groups excluding carboxylic acids is 5. The summed E-state index contributed by atoms with van der Waals surface area (Å²) in [5.74, 6) is -8.61. The smallest absolute Gasteiger partial charge is 0.410 e. The van der Waals surface area contributed by atoms with E-state index < -0.39 is 131 Å². The Balaban J connectivity index is 1.17. The van der Waals surface area contributed by atoms with Crippen LogP contribution in [0, 0.1) is 18.3 Å². The lowest BCUT2D eigenvalue weighted by molar-refractivity contribution is -0.193. The van der Waals surface area contributed by atoms with Crippen LogP contribution in [0.1, 0.15) is 93.7 Å². The fraction of sp³-hybridized carbons (Fsp3) is 0.694. The number of benzene rings is 1. The highest BCUT2D eigenvalue weighted by atomic mass is 32.2. The number of nitrogens with one attached hydrogen (secondary N) is 3. The van der Waals surface area contributed by atoms with Crippen molar-refractivity contribution < 1.29 is 59.1 Å². The molecule has 0 radical (unpaired) electrons. The van der Waals surface area contributed by atoms with E-state index in [2.05, 4.69) is 15.4 Å². The third kappa shape index (κ3) is 7.73. The average molecular weight is 802 g/mol. The quantitative estimate of drug-likeness (QED) is 0.366. The highest BCUT2D eigenvalue weighted by Crippen LogP contribution is 2.58. The van der Waals surface area contributed by atoms with Gasteiger partial charge in [-0.25, -0.2) is 22.0 Å². The highest BCUT2D eigenvalue weighted by molar-refractivity contribution is 7.91. The molecule has 19 heteroatoms. The van der Waals surface area contributed by atoms with Crippen LogP contribution in [0.2, 0.25) is 0 Å². The molecule has 3 N–H and O–H groups in total. The molecule has 3 saturated carbocycles. The summed E-state index contributed by atoms with van der Waals surface area (Å²) in [7, 11) is -4.06. The number of ether oxygens (including phenoxy) is 1. The first-order valence-electron chi connectivity index (χ1n) is 18.7. The van der Waals surface area contributed by atoms with Crippen molar-refractivity contribution in [3.05, 3.63) is 34.9 Å². The zero-order valence-electron chi connectivity index (χ0n) is 30.2. The fourth-order valence-electron chi connectivity index (χ4n) is 8.24. The molecular weight excluding hydrogens is 757 g/mol. The molecule has 5 atom stereocenters. The minimum Gasteiger partial charge on any atom is -0.444 e. The monoisotopic (exact) mass is 801 g/mol. The van der Waals surface area contributed by atoms with Crippen molar-refractivity contribution in [2.75, 3.05) is 6.54 Å². The van der Waals surface area contributed by atoms with Crippen molar-refractivity contribution in [1.82, 2.24) is 25.2 Å². The number of rotatable bonds is 6. The molecule has 1 aromatic carbocycles. The number of hydrogen-bond donors (Lipinski definition) is 3. The Morgan fingerprint density at radius 1 is 0.964 bits per heavy atom. The van der Waals surface area contributed by atoms with Crippen LogP contribution in [0.25, 0.3) is 0 Å². The van der Waals surface area contributed by atoms with Gasteiger partial charge in [0.05, 0.1) is 11.8 Å². The number of amides is 5. The summed E-state index contributed by atoms with van der Waals surface area (Å²) in [4.78, 5) is 70.9. The van der Waals surface area contributed by atoms with E-state index in [9.17, 15) is 45.6 Å². The van der Waals surface area contributed by atoms with Gasteiger partial charge in [-0.3, -0.25) is 28.8 Å². The van der Waals surface area contributed by atoms with Gasteiger partial charge >= 0.3 is 12.3 Å². The second-order valence-corrected chi connectivity index (χ2v) is 18.1. The topological polar surface area (TPSA) is 171 Å². The Morgan fingerprint density at radius 3 is 2.35 bits per heavy atom. The number of carbonyl (C=O) groups is 5. The summed E-state index contributed by atoms with van der Waals surface area (Å²) >= 11 is 0. The zero-order chi connectivity index (χ0) is 39.7. The largest absolute Gasteiger partial charge is 0.444 e. The number of sulfonamides is 1. The summed E-state index contributed by atoms with van der Waals surface area (Å²) < 4.78 is 106. The normalized spacial score (nSPS) is 30.4. The molecule has 5 fully saturated rings. The molecule has 13 nitrogen and oxygen atoms in total. The van der Waals surface area contributed by atoms with Gasteiger partial charge in [0.25, 0.3) is 5.91 Å². The van der Waals surface area contributed by atoms with E-state index in [0.29, 0.717) is 12.8 Å². The minimum atomic E-state index is -4.96. The van der Waals surface area contributed by atoms with E-state index in [1.54, 1.807) is 0 Å². The van der Waals surface area contributed by atoms with Crippen LogP contribution in [0.5, 0.6) is 0 Å². The Morgan fingerprint density at radius 2 is 1.69 bits per heavy atom. The molecule has 7 rings (SSSR count). The standard InChI is InChI=1S/C36H44F5N5O8S/c1-20-5-4-6-21-17-45(19-25(20)21)32(51)54-23-15-27-28(47)43-35(31(50)44-55(52,53)24-8-9-24)16-22(35)7-2-3-11-34(37,38)12-10-26(29(48)46(27)18-23)42-30(49)33(13-14-33)36(39,40)41/h4-6,22-24,26-27H,2-3,7-19H2,1H3,(H,42,49)(H,43,47)(H,44,50)/t22-,23-,26+,27+,35-/m1/s1. The van der Waals surface area contributed by atoms with E-state index in [4.69, 9.17) is 4.74 Å². The molecule has 55 heavy (non-hydrogen) atoms. The second kappa shape index (κ2) is 13.9. The van der Waals surface area contributed by atoms with E-state index in [1.165, 1.54) is 4.90 Å². The zero-order valence-corrected chi connectivity index (χ0v) is 31.0. The summed E-state index contributed by atoms with van der Waals surface area (Å²) in [6.45, 7) is 1.87. The summed E-state index contributed by atoms with van der Waals surface area (Å²) in [5, 5.41) is 3.95. The Bertz CT molecular complexity index is 1890. The van der Waals surface area contributed by atoms with Gasteiger partial charge in [0.2, 0.25) is 33.7 Å². The molecule has 302 valence electrons. The Labute approximate surface area is 314 Å². The molecule has 0 unspecified atom stereocenters. The van der Waals surface area contributed by atoms with Crippen molar-refractivity contribution in [3.8, 4) is 0 Å². The molecule has 0 spiro atoms. The SMILES string of the molecule is Cc1cccc2c1CN(C(=O)O[C@@H]1C[C@H]3C(=O)N[C@]4(C(=O)NS(=O)(=O)C5CC5)C[C@H]4CCCCC(F)(F)CC[C@H](NC(=O)C4(C(F)(F)F)CC4)C(=O)N3C1)C2. The second-order valence-electron chi connectivity index (χ2n) is 16.1. The lowest BCUT2D eigenvalue weighted by Crippen LogP contribution is -2.59. The maximum atomic E-state index is 15.2. The summed E-state index contributed by atoms with van der Waals surface area (Å²) in [6, 6.07) is 2.17. The number of alkyl halides is 5. The van der Waals surface area contributed by atoms with E-state index in [0.717, 1.165) is 21.6 Å². The van der Waals surface area contributed by atoms with Crippen LogP contribution >= 0.6 is 0 Å². The molecule has 3 heterocycles. The maximum Gasteiger partial charge on any atom is 0.410 e. The molecule has 1 aromatic rings. The van der Waals surface area contributed by atoms with Gasteiger partial charge in [0.15, 0.2) is 0 Å². The predicted octanol–water partition coefficient (Wildman–Crippen LogP) is 3.72. The molecule has 0 aromatic heterocycles. The lowest BCUT2D eigenvalue weighted by Gasteiger charge is -2.31. The van der Waals surface area contributed by atoms with Crippen LogP contribution in [0.15, 0.2) is 18.2 Å². The van der Waals surface area contributed by atoms with E-state index >= 15 is 8.78 Å². The van der Waals surface area contributed by atoms with Gasteiger partial charge in [-0.05, 0) is 80.9 Å². The third-order valence-electron chi connectivity index (χ3n) is 12.1. The molecule has 3 aliphatic carbocycles. The maximum absolute atomic E-state index is 15.2. The van der Waals surface area contributed by atoms with Crippen LogP contribution < -0.4 is 15.4 Å². The van der Waals surface area contributed by atoms with Crippen molar-refractivity contribution >= 4 is 39.7 Å². The average Bonchev–Trinajstić information content (AvgIpc) is 4.04. The van der Waals surface area contributed by atoms with E-state index in [1.807, 2.05) is 25.1 Å². The number of fused-ring (bicyclic) bond motifs is 3. The number of hydrogen-bond acceptors (Lipinski definition) is 8. The van der Waals surface area contributed by atoms with E-state index in [-0.39, 0.29) is 45.2 Å². The number of halogens is 5. The molecular formula is C36H44F5N5O8S. The lowest BCUT2D eigenvalue weighted by atomic mass is 9.99. The first-order chi connectivity index (χ1) is 25.8. The van der Waals surface area contributed by atoms with Crippen molar-refractivity contribution in [2.24, 2.45) is 11.3 Å². The Kier molecular flexibility index (Phi) is 9.88. The third-order valence-corrected chi connectivity index (χ3v) is 13.9. The molecule has 6 aliphatic rings. The first-order valence-corrected chi connectivity index (χ1v) is 20.3. The van der Waals surface area contributed by atoms with Crippen molar-refractivity contribution in [2.45, 2.75) is 138 Å². The number of aryl methyl sites for hydroxylation is 1. The Hall–Kier alpha value is -4.03. The van der Waals surface area contributed by atoms with Crippen LogP contribution in [-0.2, 0) is 47.0 Å². The van der Waals surface area contributed by atoms with Gasteiger partial charge in [-0.2, -0.15) is 13.2 Å². The van der Waals surface area contributed by atoms with Crippen LogP contribution in [0.3, 0.4) is 0 Å². The van der Waals surface area contributed by atoms with Gasteiger partial charge in [0.1, 0.15) is 29.1 Å². The van der Waals surface area contributed by atoms with Gasteiger partial charge in [-0.1, -0.05) is 24.6 Å². The summed E-state index contributed by atoms with van der Waals surface area (Å²) in [5.41, 5.74) is -1.73. The predicted molar refractivity (Wildman–Crippen MR) is 182 cm³/mol. The number of nitrogens with zero attached hydrogens (tertiary/aromatic N) is 2. The molecule has 5 amide bonds. The van der Waals surface area contributed by atoms with Crippen LogP contribution in [0.4, 0.5) is 26.7 Å². The van der Waals surface area contributed by atoms with Crippen molar-refractivity contribution in [3.63, 3.8) is 0 Å². The van der Waals surface area contributed by atoms with Gasteiger partial charge < -0.3 is 20.3 Å². The first kappa shape index (κ1) is 39.2. The molecule has 2 saturated heterocycles. The van der Waals surface area contributed by atoms with Gasteiger partial charge in [0, 0.05) is 32.4 Å². The fourth-order valence-corrected chi connectivity index (χ4v) is 9.60. The van der Waals surface area contributed by atoms with Crippen molar-refractivity contribution in [1.29, 1.82) is 0 Å². The highest BCUT2D eigenvalue weighted by Gasteiger charge is 2.69. The van der Waals surface area contributed by atoms with Gasteiger partial charge in [-0.15, -0.1) is 0 Å². The minimum absolute atomic E-state index is 0.00657. The van der Waals surface area contributed by atoms with Crippen LogP contribution in [-0.4, -0.2) is 95.6 Å². The molecule has 3 aliphatic heterocycles.